The van der Waals surface area contributed by atoms with Crippen molar-refractivity contribution in [3.05, 3.63) is 29.8 Å². The number of rotatable bonds is 8. The summed E-state index contributed by atoms with van der Waals surface area (Å²) in [6.45, 7) is 0.694. The largest absolute Gasteiger partial charge is 0.493 e. The monoisotopic (exact) mass is 414 g/mol. The zero-order valence-corrected chi connectivity index (χ0v) is 16.8. The molecule has 1 aromatic carbocycles. The quantitative estimate of drug-likeness (QED) is 0.622. The molecule has 1 atom stereocenters. The number of hydrogen-bond acceptors (Lipinski definition) is 5. The SMILES string of the molecule is O=C(O)CNC(=O)C1C(=O)N(Cc2ccc(OCC3CC3)cc2)CC2(CCC2)C1=O. The number of nitrogens with one attached hydrogen (secondary N) is 1. The molecular formula is C22H26N2O6. The number of ketones is 1. The van der Waals surface area contributed by atoms with E-state index >= 15 is 0 Å². The van der Waals surface area contributed by atoms with Gasteiger partial charge in [0, 0.05) is 18.5 Å². The van der Waals surface area contributed by atoms with Gasteiger partial charge in [0.15, 0.2) is 11.7 Å². The predicted molar refractivity (Wildman–Crippen MR) is 106 cm³/mol. The van der Waals surface area contributed by atoms with Crippen LogP contribution in [0, 0.1) is 17.3 Å². The number of carboxylic acids is 1. The Morgan fingerprint density at radius 2 is 1.87 bits per heavy atom. The molecule has 1 aliphatic heterocycles. The molecule has 2 amide bonds. The van der Waals surface area contributed by atoms with Crippen molar-refractivity contribution in [2.24, 2.45) is 17.3 Å². The number of amides is 2. The van der Waals surface area contributed by atoms with Crippen molar-refractivity contribution in [1.82, 2.24) is 10.2 Å². The zero-order valence-electron chi connectivity index (χ0n) is 16.8. The Morgan fingerprint density at radius 3 is 2.43 bits per heavy atom. The van der Waals surface area contributed by atoms with Gasteiger partial charge in [0.1, 0.15) is 12.3 Å². The third kappa shape index (κ3) is 4.17. The highest BCUT2D eigenvalue weighted by atomic mass is 16.5. The number of carbonyl (C=O) groups excluding carboxylic acids is 3. The molecular weight excluding hydrogens is 388 g/mol. The maximum Gasteiger partial charge on any atom is 0.322 e. The van der Waals surface area contributed by atoms with Gasteiger partial charge in [-0.05, 0) is 49.3 Å². The van der Waals surface area contributed by atoms with Crippen molar-refractivity contribution >= 4 is 23.6 Å². The van der Waals surface area contributed by atoms with Gasteiger partial charge in [-0.2, -0.15) is 0 Å². The van der Waals surface area contributed by atoms with E-state index in [2.05, 4.69) is 5.32 Å². The first-order chi connectivity index (χ1) is 14.4. The molecule has 2 aliphatic carbocycles. The van der Waals surface area contributed by atoms with Crippen LogP contribution < -0.4 is 10.1 Å². The van der Waals surface area contributed by atoms with Gasteiger partial charge in [0.25, 0.3) is 0 Å². The third-order valence-electron chi connectivity index (χ3n) is 6.30. The number of likely N-dealkylation sites (tertiary alicyclic amines) is 1. The zero-order chi connectivity index (χ0) is 21.3. The van der Waals surface area contributed by atoms with Crippen molar-refractivity contribution < 1.29 is 29.0 Å². The Hall–Kier alpha value is -2.90. The average Bonchev–Trinajstić information content (AvgIpc) is 3.51. The lowest BCUT2D eigenvalue weighted by Gasteiger charge is -2.49. The Balaban J connectivity index is 1.46. The third-order valence-corrected chi connectivity index (χ3v) is 6.30. The second-order valence-corrected chi connectivity index (χ2v) is 8.64. The molecule has 4 rings (SSSR count). The summed E-state index contributed by atoms with van der Waals surface area (Å²) in [5, 5.41) is 11.0. The van der Waals surface area contributed by atoms with Crippen LogP contribution in [0.3, 0.4) is 0 Å². The lowest BCUT2D eigenvalue weighted by atomic mass is 9.61. The number of aliphatic carboxylic acids is 1. The lowest BCUT2D eigenvalue weighted by molar-refractivity contribution is -0.164. The number of Topliss-reactive ketones (excluding diaryl/α,β-unsaturated/α-hetero) is 1. The maximum atomic E-state index is 13.0. The molecule has 8 heteroatoms. The van der Waals surface area contributed by atoms with Crippen LogP contribution in [0.5, 0.6) is 5.75 Å². The van der Waals surface area contributed by atoms with Crippen LogP contribution in [0.1, 0.15) is 37.7 Å². The van der Waals surface area contributed by atoms with Crippen molar-refractivity contribution in [1.29, 1.82) is 0 Å². The fraction of sp³-hybridized carbons (Fsp3) is 0.545. The van der Waals surface area contributed by atoms with Gasteiger partial charge < -0.3 is 20.1 Å². The summed E-state index contributed by atoms with van der Waals surface area (Å²) < 4.78 is 5.74. The van der Waals surface area contributed by atoms with Crippen LogP contribution in [-0.2, 0) is 25.7 Å². The van der Waals surface area contributed by atoms with Crippen molar-refractivity contribution in [2.45, 2.75) is 38.6 Å². The molecule has 1 aromatic rings. The molecule has 0 aromatic heterocycles. The topological polar surface area (TPSA) is 113 Å². The molecule has 2 saturated carbocycles. The summed E-state index contributed by atoms with van der Waals surface area (Å²) >= 11 is 0. The van der Waals surface area contributed by atoms with E-state index < -0.39 is 35.7 Å². The van der Waals surface area contributed by atoms with Crippen LogP contribution >= 0.6 is 0 Å². The second kappa shape index (κ2) is 8.08. The number of carboxylic acid groups (broad SMARTS) is 1. The van der Waals surface area contributed by atoms with E-state index in [4.69, 9.17) is 9.84 Å². The normalized spacial score (nSPS) is 22.5. The van der Waals surface area contributed by atoms with Crippen LogP contribution in [0.25, 0.3) is 0 Å². The molecule has 2 N–H and O–H groups in total. The fourth-order valence-electron chi connectivity index (χ4n) is 4.17. The predicted octanol–water partition coefficient (Wildman–Crippen LogP) is 1.37. The molecule has 1 unspecified atom stereocenters. The van der Waals surface area contributed by atoms with Crippen LogP contribution in [0.2, 0.25) is 0 Å². The second-order valence-electron chi connectivity index (χ2n) is 8.64. The summed E-state index contributed by atoms with van der Waals surface area (Å²) in [5.41, 5.74) is 0.197. The molecule has 3 aliphatic rings. The molecule has 1 spiro atoms. The number of piperidine rings is 1. The van der Waals surface area contributed by atoms with Crippen molar-refractivity contribution in [3.8, 4) is 5.75 Å². The van der Waals surface area contributed by atoms with E-state index in [0.29, 0.717) is 31.8 Å². The van der Waals surface area contributed by atoms with Gasteiger partial charge in [-0.15, -0.1) is 0 Å². The molecule has 1 heterocycles. The summed E-state index contributed by atoms with van der Waals surface area (Å²) in [4.78, 5) is 50.7. The van der Waals surface area contributed by atoms with E-state index in [9.17, 15) is 19.2 Å². The number of hydrogen-bond donors (Lipinski definition) is 2. The minimum Gasteiger partial charge on any atom is -0.493 e. The first kappa shape index (κ1) is 20.4. The number of ether oxygens (including phenoxy) is 1. The van der Waals surface area contributed by atoms with Gasteiger partial charge in [0.2, 0.25) is 11.8 Å². The van der Waals surface area contributed by atoms with Gasteiger partial charge in [-0.3, -0.25) is 19.2 Å². The Labute approximate surface area is 174 Å². The van der Waals surface area contributed by atoms with Gasteiger partial charge >= 0.3 is 5.97 Å². The van der Waals surface area contributed by atoms with E-state index in [1.807, 2.05) is 24.3 Å². The Kier molecular flexibility index (Phi) is 5.49. The Morgan fingerprint density at radius 1 is 1.17 bits per heavy atom. The molecule has 3 fully saturated rings. The van der Waals surface area contributed by atoms with E-state index in [0.717, 1.165) is 24.3 Å². The molecule has 1 saturated heterocycles. The molecule has 30 heavy (non-hydrogen) atoms. The molecule has 160 valence electrons. The van der Waals surface area contributed by atoms with Crippen molar-refractivity contribution in [2.75, 3.05) is 19.7 Å². The van der Waals surface area contributed by atoms with Gasteiger partial charge in [0.05, 0.1) is 6.61 Å². The highest BCUT2D eigenvalue weighted by Gasteiger charge is 2.56. The standard InChI is InChI=1S/C22H26N2O6/c25-17(26)10-23-20(28)18-19(27)22(8-1-9-22)13-24(21(18)29)11-14-4-6-16(7-5-14)30-12-15-2-3-15/h4-7,15,18H,1-3,8-13H2,(H,23,28)(H,25,26). The van der Waals surface area contributed by atoms with Gasteiger partial charge in [-0.25, -0.2) is 0 Å². The highest BCUT2D eigenvalue weighted by Crippen LogP contribution is 2.47. The van der Waals surface area contributed by atoms with Gasteiger partial charge in [-0.1, -0.05) is 18.6 Å². The van der Waals surface area contributed by atoms with Crippen LogP contribution in [0.15, 0.2) is 24.3 Å². The molecule has 0 radical (unpaired) electrons. The first-order valence-electron chi connectivity index (χ1n) is 10.4. The van der Waals surface area contributed by atoms with Crippen molar-refractivity contribution in [3.63, 3.8) is 0 Å². The van der Waals surface area contributed by atoms with Crippen LogP contribution in [-0.4, -0.2) is 53.3 Å². The summed E-state index contributed by atoms with van der Waals surface area (Å²) in [6, 6.07) is 7.51. The van der Waals surface area contributed by atoms with Crippen LogP contribution in [0.4, 0.5) is 0 Å². The average molecular weight is 414 g/mol. The minimum absolute atomic E-state index is 0.291. The first-order valence-corrected chi connectivity index (χ1v) is 10.4. The van der Waals surface area contributed by atoms with E-state index in [-0.39, 0.29) is 5.78 Å². The lowest BCUT2D eigenvalue weighted by Crippen LogP contribution is -2.62. The van der Waals surface area contributed by atoms with E-state index in [1.165, 1.54) is 12.8 Å². The number of carbonyl (C=O) groups is 4. The minimum atomic E-state index is -1.47. The summed E-state index contributed by atoms with van der Waals surface area (Å²) in [7, 11) is 0. The maximum absolute atomic E-state index is 13.0. The summed E-state index contributed by atoms with van der Waals surface area (Å²) in [5.74, 6) is -3.01. The number of benzene rings is 1. The molecule has 0 bridgehead atoms. The molecule has 8 nitrogen and oxygen atoms in total. The Bertz CT molecular complexity index is 857. The number of nitrogens with zero attached hydrogens (tertiary/aromatic N) is 1. The smallest absolute Gasteiger partial charge is 0.322 e. The fourth-order valence-corrected chi connectivity index (χ4v) is 4.17. The summed E-state index contributed by atoms with van der Waals surface area (Å²) in [6.07, 6.45) is 4.61. The highest BCUT2D eigenvalue weighted by molar-refractivity contribution is 6.21. The van der Waals surface area contributed by atoms with E-state index in [1.54, 1.807) is 4.90 Å².